The molecule has 4 atom stereocenters. The number of piperidine rings is 1. The average molecular weight is 307 g/mol. The van der Waals surface area contributed by atoms with Crippen molar-refractivity contribution < 1.29 is 4.84 Å². The summed E-state index contributed by atoms with van der Waals surface area (Å²) in [4.78, 5) is 5.38. The van der Waals surface area contributed by atoms with Gasteiger partial charge in [0.15, 0.2) is 0 Å². The van der Waals surface area contributed by atoms with Crippen LogP contribution in [0.5, 0.6) is 0 Å². The van der Waals surface area contributed by atoms with Crippen LogP contribution in [0.3, 0.4) is 0 Å². The first kappa shape index (κ1) is 16.2. The number of hydrogen-bond acceptors (Lipinski definition) is 6. The van der Waals surface area contributed by atoms with Gasteiger partial charge < -0.3 is 10.6 Å². The van der Waals surface area contributed by atoms with Crippen molar-refractivity contribution in [3.63, 3.8) is 0 Å². The van der Waals surface area contributed by atoms with Crippen molar-refractivity contribution in [2.75, 3.05) is 13.1 Å². The van der Waals surface area contributed by atoms with E-state index in [1.54, 1.807) is 0 Å². The van der Waals surface area contributed by atoms with Gasteiger partial charge in [-0.25, -0.2) is 0 Å². The maximum absolute atomic E-state index is 9.05. The molecule has 1 saturated carbocycles. The Morgan fingerprint density at radius 3 is 2.73 bits per heavy atom. The minimum absolute atomic E-state index is 0.120. The highest BCUT2D eigenvalue weighted by atomic mass is 16.7. The summed E-state index contributed by atoms with van der Waals surface area (Å²) >= 11 is 0. The fourth-order valence-corrected chi connectivity index (χ4v) is 3.95. The molecule has 4 unspecified atom stereocenters. The van der Waals surface area contributed by atoms with Gasteiger partial charge in [-0.3, -0.25) is 10.2 Å². The Morgan fingerprint density at radius 1 is 1.23 bits per heavy atom. The molecule has 124 valence electrons. The first-order valence-electron chi connectivity index (χ1n) is 8.78. The minimum Gasteiger partial charge on any atom is -0.302 e. The van der Waals surface area contributed by atoms with Gasteiger partial charge in [-0.15, -0.1) is 0 Å². The third-order valence-corrected chi connectivity index (χ3v) is 5.39. The molecule has 22 heavy (non-hydrogen) atoms. The summed E-state index contributed by atoms with van der Waals surface area (Å²) in [6, 6.07) is 2.41. The molecule has 0 spiro atoms. The number of hydrogen-bond donors (Lipinski definition) is 4. The van der Waals surface area contributed by atoms with Crippen LogP contribution in [0.2, 0.25) is 0 Å². The first-order valence-corrected chi connectivity index (χ1v) is 8.78. The van der Waals surface area contributed by atoms with E-state index in [4.69, 9.17) is 10.1 Å². The second-order valence-electron chi connectivity index (χ2n) is 7.07. The van der Waals surface area contributed by atoms with Crippen LogP contribution in [0.25, 0.3) is 0 Å². The van der Waals surface area contributed by atoms with Gasteiger partial charge in [-0.05, 0) is 70.4 Å². The maximum Gasteiger partial charge on any atom is 0.128 e. The summed E-state index contributed by atoms with van der Waals surface area (Å²) in [7, 11) is 0. The second-order valence-corrected chi connectivity index (χ2v) is 7.07. The van der Waals surface area contributed by atoms with E-state index >= 15 is 0 Å². The molecule has 3 aliphatic rings. The first-order chi connectivity index (χ1) is 10.7. The predicted molar refractivity (Wildman–Crippen MR) is 84.2 cm³/mol. The Hall–Kier alpha value is -0.710. The lowest BCUT2D eigenvalue weighted by Gasteiger charge is -2.34. The van der Waals surface area contributed by atoms with E-state index in [2.05, 4.69) is 27.5 Å². The van der Waals surface area contributed by atoms with E-state index in [-0.39, 0.29) is 12.1 Å². The van der Waals surface area contributed by atoms with Gasteiger partial charge in [-0.2, -0.15) is 10.7 Å². The smallest absolute Gasteiger partial charge is 0.128 e. The predicted octanol–water partition coefficient (Wildman–Crippen LogP) is 1.03. The Bertz CT molecular complexity index is 390. The van der Waals surface area contributed by atoms with Crippen LogP contribution < -0.4 is 21.4 Å². The maximum atomic E-state index is 9.05. The molecule has 0 amide bonds. The summed E-state index contributed by atoms with van der Waals surface area (Å²) in [5.41, 5.74) is 3.12. The highest BCUT2D eigenvalue weighted by Gasteiger charge is 2.32. The number of nitrogens with one attached hydrogen (secondary N) is 4. The normalized spacial score (nSPS) is 42.9. The molecular formula is C16H29N5O. The Kier molecular flexibility index (Phi) is 5.66. The third-order valence-electron chi connectivity index (χ3n) is 5.39. The van der Waals surface area contributed by atoms with Crippen LogP contribution in [0.4, 0.5) is 0 Å². The van der Waals surface area contributed by atoms with E-state index < -0.39 is 0 Å². The average Bonchev–Trinajstić information content (AvgIpc) is 3.00. The van der Waals surface area contributed by atoms with Crippen LogP contribution >= 0.6 is 0 Å². The molecule has 6 nitrogen and oxygen atoms in total. The zero-order chi connectivity index (χ0) is 15.4. The molecule has 0 aromatic rings. The molecule has 1 aliphatic carbocycles. The lowest BCUT2D eigenvalue weighted by molar-refractivity contribution is 0.0251. The van der Waals surface area contributed by atoms with Crippen LogP contribution in [0.1, 0.15) is 45.4 Å². The molecule has 0 bridgehead atoms. The van der Waals surface area contributed by atoms with Gasteiger partial charge in [0.05, 0.1) is 24.3 Å². The van der Waals surface area contributed by atoms with E-state index in [9.17, 15) is 0 Å². The zero-order valence-corrected chi connectivity index (χ0v) is 13.5. The Morgan fingerprint density at radius 2 is 2.05 bits per heavy atom. The van der Waals surface area contributed by atoms with Gasteiger partial charge in [-0.1, -0.05) is 0 Å². The third kappa shape index (κ3) is 4.18. The Labute approximate surface area is 133 Å². The fourth-order valence-electron chi connectivity index (χ4n) is 3.95. The lowest BCUT2D eigenvalue weighted by atomic mass is 9.80. The van der Waals surface area contributed by atoms with Crippen LogP contribution in [-0.4, -0.2) is 31.6 Å². The van der Waals surface area contributed by atoms with Crippen LogP contribution in [0, 0.1) is 29.1 Å². The Balaban J connectivity index is 1.35. The van der Waals surface area contributed by atoms with Crippen molar-refractivity contribution in [1.29, 1.82) is 5.26 Å². The van der Waals surface area contributed by atoms with Crippen molar-refractivity contribution in [3.8, 4) is 6.07 Å². The molecule has 2 saturated heterocycles. The van der Waals surface area contributed by atoms with Gasteiger partial charge in [0, 0.05) is 0 Å². The van der Waals surface area contributed by atoms with E-state index in [1.807, 2.05) is 6.92 Å². The van der Waals surface area contributed by atoms with Crippen molar-refractivity contribution >= 4 is 0 Å². The SMILES string of the molecule is CC1NC(C2CCC(CNC3CC(C#N)CCN3)CC2)NO1. The number of nitrogens with zero attached hydrogens (tertiary/aromatic N) is 1. The van der Waals surface area contributed by atoms with Crippen molar-refractivity contribution in [1.82, 2.24) is 21.4 Å². The largest absolute Gasteiger partial charge is 0.302 e. The number of nitriles is 1. The van der Waals surface area contributed by atoms with Gasteiger partial charge in [0.25, 0.3) is 0 Å². The molecule has 0 radical (unpaired) electrons. The standard InChI is InChI=1S/C16H29N5O/c1-11-20-16(21-22-11)14-4-2-12(3-5-14)10-19-15-8-13(9-17)6-7-18-15/h11-16,18-21H,2-8,10H2,1H3. The van der Waals surface area contributed by atoms with Crippen molar-refractivity contribution in [2.45, 2.75) is 64.0 Å². The monoisotopic (exact) mass is 307 g/mol. The molecular weight excluding hydrogens is 278 g/mol. The molecule has 4 N–H and O–H groups in total. The van der Waals surface area contributed by atoms with E-state index in [1.165, 1.54) is 25.7 Å². The van der Waals surface area contributed by atoms with Crippen LogP contribution in [0.15, 0.2) is 0 Å². The molecule has 0 aromatic carbocycles. The molecule has 2 aliphatic heterocycles. The summed E-state index contributed by atoms with van der Waals surface area (Å²) in [6.07, 6.45) is 7.76. The van der Waals surface area contributed by atoms with Crippen LogP contribution in [-0.2, 0) is 4.84 Å². The highest BCUT2D eigenvalue weighted by molar-refractivity contribution is 4.90. The van der Waals surface area contributed by atoms with Gasteiger partial charge in [0.1, 0.15) is 6.23 Å². The summed E-state index contributed by atoms with van der Waals surface area (Å²) < 4.78 is 0. The number of hydroxylamine groups is 1. The number of rotatable bonds is 4. The molecule has 0 aromatic heterocycles. The highest BCUT2D eigenvalue weighted by Crippen LogP contribution is 2.31. The summed E-state index contributed by atoms with van der Waals surface area (Å²) in [6.45, 7) is 4.06. The van der Waals surface area contributed by atoms with Crippen molar-refractivity contribution in [2.24, 2.45) is 17.8 Å². The summed E-state index contributed by atoms with van der Waals surface area (Å²) in [5.74, 6) is 1.66. The molecule has 3 fully saturated rings. The zero-order valence-electron chi connectivity index (χ0n) is 13.5. The topological polar surface area (TPSA) is 81.1 Å². The fraction of sp³-hybridized carbons (Fsp3) is 0.938. The van der Waals surface area contributed by atoms with Crippen molar-refractivity contribution in [3.05, 3.63) is 0 Å². The van der Waals surface area contributed by atoms with Gasteiger partial charge >= 0.3 is 0 Å². The van der Waals surface area contributed by atoms with Gasteiger partial charge in [0.2, 0.25) is 0 Å². The molecule has 2 heterocycles. The minimum atomic E-state index is 0.120. The molecule has 6 heteroatoms. The molecule has 3 rings (SSSR count). The van der Waals surface area contributed by atoms with E-state index in [0.717, 1.165) is 31.8 Å². The van der Waals surface area contributed by atoms with E-state index in [0.29, 0.717) is 18.2 Å². The summed E-state index contributed by atoms with van der Waals surface area (Å²) in [5, 5.41) is 19.6. The quantitative estimate of drug-likeness (QED) is 0.621. The lowest BCUT2D eigenvalue weighted by Crippen LogP contribution is -2.49. The second kappa shape index (κ2) is 7.71.